The molecular formula is C31H28ClFN4O4. The lowest BCUT2D eigenvalue weighted by atomic mass is 10.1. The van der Waals surface area contributed by atoms with Gasteiger partial charge < -0.3 is 24.5 Å². The zero-order valence-corrected chi connectivity index (χ0v) is 23.1. The van der Waals surface area contributed by atoms with Gasteiger partial charge in [-0.25, -0.2) is 14.4 Å². The summed E-state index contributed by atoms with van der Waals surface area (Å²) in [5.41, 5.74) is 3.06. The number of aromatic nitrogens is 2. The third-order valence-electron chi connectivity index (χ3n) is 6.17. The highest BCUT2D eigenvalue weighted by molar-refractivity contribution is 6.32. The maximum atomic E-state index is 13.4. The zero-order valence-electron chi connectivity index (χ0n) is 22.3. The molecule has 0 radical (unpaired) electrons. The fraction of sp³-hybridized carbons (Fsp3) is 0.194. The van der Waals surface area contributed by atoms with E-state index in [1.165, 1.54) is 18.5 Å². The number of esters is 1. The maximum absolute atomic E-state index is 13.4. The molecule has 0 unspecified atom stereocenters. The highest BCUT2D eigenvalue weighted by atomic mass is 35.5. The molecule has 2 heterocycles. The predicted octanol–water partition coefficient (Wildman–Crippen LogP) is 7.05. The molecule has 0 aliphatic heterocycles. The van der Waals surface area contributed by atoms with Crippen LogP contribution in [0, 0.1) is 5.82 Å². The molecule has 0 atom stereocenters. The molecule has 0 saturated carbocycles. The molecule has 0 spiro atoms. The number of furan rings is 1. The number of nitrogens with zero attached hydrogens (tertiary/aromatic N) is 2. The SMILES string of the molecule is CCOC(=O)CCNCc1ccc(-c2ccc3ncnc(Nc4ccc(OCc5cccc(F)c5)c(Cl)c4)c3c2)o1. The average molecular weight is 575 g/mol. The van der Waals surface area contributed by atoms with E-state index in [4.69, 9.17) is 25.5 Å². The summed E-state index contributed by atoms with van der Waals surface area (Å²) in [6, 6.07) is 21.2. The molecule has 0 bridgehead atoms. The summed E-state index contributed by atoms with van der Waals surface area (Å²) in [5.74, 6) is 2.00. The summed E-state index contributed by atoms with van der Waals surface area (Å²) in [6.45, 7) is 3.35. The molecule has 10 heteroatoms. The van der Waals surface area contributed by atoms with Gasteiger partial charge >= 0.3 is 5.97 Å². The van der Waals surface area contributed by atoms with Crippen LogP contribution in [0.5, 0.6) is 5.75 Å². The molecular weight excluding hydrogens is 547 g/mol. The van der Waals surface area contributed by atoms with Gasteiger partial charge in [-0.1, -0.05) is 23.7 Å². The van der Waals surface area contributed by atoms with Crippen molar-refractivity contribution in [3.8, 4) is 17.1 Å². The molecule has 2 N–H and O–H groups in total. The fourth-order valence-corrected chi connectivity index (χ4v) is 4.43. The van der Waals surface area contributed by atoms with Crippen molar-refractivity contribution in [2.75, 3.05) is 18.5 Å². The Morgan fingerprint density at radius 1 is 1.05 bits per heavy atom. The second-order valence-corrected chi connectivity index (χ2v) is 9.55. The number of carbonyl (C=O) groups excluding carboxylic acids is 1. The first-order chi connectivity index (χ1) is 20.0. The standard InChI is InChI=1S/C31H28ClFN4O4/c1-2-39-30(38)12-13-34-17-24-8-11-28(41-24)21-6-9-27-25(15-21)31(36-19-35-27)37-23-7-10-29(26(32)16-23)40-18-20-4-3-5-22(33)14-20/h3-11,14-16,19,34H,2,12-13,17-18H2,1H3,(H,35,36,37). The maximum Gasteiger partial charge on any atom is 0.307 e. The largest absolute Gasteiger partial charge is 0.487 e. The number of carbonyl (C=O) groups is 1. The van der Waals surface area contributed by atoms with E-state index in [-0.39, 0.29) is 18.4 Å². The number of ether oxygens (including phenoxy) is 2. The Morgan fingerprint density at radius 3 is 2.78 bits per heavy atom. The molecule has 8 nitrogen and oxygen atoms in total. The first-order valence-electron chi connectivity index (χ1n) is 13.1. The number of anilines is 2. The molecule has 210 valence electrons. The minimum atomic E-state index is -0.315. The minimum absolute atomic E-state index is 0.196. The number of rotatable bonds is 12. The van der Waals surface area contributed by atoms with Crippen LogP contribution in [0.4, 0.5) is 15.9 Å². The predicted molar refractivity (Wildman–Crippen MR) is 156 cm³/mol. The number of halogens is 2. The van der Waals surface area contributed by atoms with E-state index in [0.29, 0.717) is 59.7 Å². The smallest absolute Gasteiger partial charge is 0.307 e. The van der Waals surface area contributed by atoms with Crippen molar-refractivity contribution >= 4 is 40.0 Å². The van der Waals surface area contributed by atoms with Crippen LogP contribution in [-0.2, 0) is 22.7 Å². The van der Waals surface area contributed by atoms with E-state index in [9.17, 15) is 9.18 Å². The van der Waals surface area contributed by atoms with Crippen molar-refractivity contribution in [2.24, 2.45) is 0 Å². The lowest BCUT2D eigenvalue weighted by molar-refractivity contribution is -0.142. The van der Waals surface area contributed by atoms with Crippen molar-refractivity contribution in [2.45, 2.75) is 26.5 Å². The van der Waals surface area contributed by atoms with E-state index in [1.807, 2.05) is 36.4 Å². The summed E-state index contributed by atoms with van der Waals surface area (Å²) < 4.78 is 30.2. The van der Waals surface area contributed by atoms with Crippen molar-refractivity contribution < 1.29 is 23.1 Å². The van der Waals surface area contributed by atoms with Crippen LogP contribution >= 0.6 is 11.6 Å². The zero-order chi connectivity index (χ0) is 28.6. The third-order valence-corrected chi connectivity index (χ3v) is 6.47. The lowest BCUT2D eigenvalue weighted by Crippen LogP contribution is -2.18. The van der Waals surface area contributed by atoms with Gasteiger partial charge in [0, 0.05) is 23.2 Å². The van der Waals surface area contributed by atoms with Gasteiger partial charge in [-0.05, 0) is 73.2 Å². The molecule has 41 heavy (non-hydrogen) atoms. The van der Waals surface area contributed by atoms with Crippen LogP contribution in [0.3, 0.4) is 0 Å². The van der Waals surface area contributed by atoms with Gasteiger partial charge in [0.25, 0.3) is 0 Å². The van der Waals surface area contributed by atoms with Crippen LogP contribution in [0.25, 0.3) is 22.2 Å². The second kappa shape index (κ2) is 13.3. The molecule has 2 aromatic heterocycles. The van der Waals surface area contributed by atoms with Gasteiger partial charge in [0.1, 0.15) is 41.8 Å². The summed E-state index contributed by atoms with van der Waals surface area (Å²) in [6.07, 6.45) is 1.80. The summed E-state index contributed by atoms with van der Waals surface area (Å²) in [7, 11) is 0. The Balaban J connectivity index is 1.26. The summed E-state index contributed by atoms with van der Waals surface area (Å²) in [5, 5.41) is 7.71. The highest BCUT2D eigenvalue weighted by Crippen LogP contribution is 2.32. The second-order valence-electron chi connectivity index (χ2n) is 9.14. The Kier molecular flexibility index (Phi) is 9.08. The average Bonchev–Trinajstić information content (AvgIpc) is 3.44. The number of benzene rings is 3. The molecule has 0 aliphatic carbocycles. The van der Waals surface area contributed by atoms with Crippen LogP contribution in [-0.4, -0.2) is 29.1 Å². The fourth-order valence-electron chi connectivity index (χ4n) is 4.19. The molecule has 5 rings (SSSR count). The monoisotopic (exact) mass is 574 g/mol. The summed E-state index contributed by atoms with van der Waals surface area (Å²) in [4.78, 5) is 20.3. The van der Waals surface area contributed by atoms with Gasteiger partial charge in [-0.3, -0.25) is 4.79 Å². The third kappa shape index (κ3) is 7.39. The highest BCUT2D eigenvalue weighted by Gasteiger charge is 2.11. The lowest BCUT2D eigenvalue weighted by Gasteiger charge is -2.12. The van der Waals surface area contributed by atoms with Gasteiger partial charge in [-0.2, -0.15) is 0 Å². The quantitative estimate of drug-likeness (QED) is 0.121. The van der Waals surface area contributed by atoms with Crippen molar-refractivity contribution in [1.82, 2.24) is 15.3 Å². The van der Waals surface area contributed by atoms with E-state index >= 15 is 0 Å². The first-order valence-corrected chi connectivity index (χ1v) is 13.5. The molecule has 0 saturated heterocycles. The number of nitrogens with one attached hydrogen (secondary N) is 2. The Labute approximate surface area is 241 Å². The topological polar surface area (TPSA) is 98.5 Å². The number of hydrogen-bond acceptors (Lipinski definition) is 8. The van der Waals surface area contributed by atoms with Gasteiger partial charge in [-0.15, -0.1) is 0 Å². The van der Waals surface area contributed by atoms with Crippen LogP contribution in [0.1, 0.15) is 24.7 Å². The Bertz CT molecular complexity index is 1660. The number of hydrogen-bond donors (Lipinski definition) is 2. The minimum Gasteiger partial charge on any atom is -0.487 e. The van der Waals surface area contributed by atoms with Crippen molar-refractivity contribution in [1.29, 1.82) is 0 Å². The van der Waals surface area contributed by atoms with Gasteiger partial charge in [0.2, 0.25) is 0 Å². The van der Waals surface area contributed by atoms with E-state index < -0.39 is 0 Å². The van der Waals surface area contributed by atoms with Gasteiger partial charge in [0.05, 0.1) is 30.1 Å². The Hall–Kier alpha value is -4.47. The van der Waals surface area contributed by atoms with Crippen LogP contribution in [0.2, 0.25) is 5.02 Å². The first kappa shape index (κ1) is 28.1. The summed E-state index contributed by atoms with van der Waals surface area (Å²) >= 11 is 6.48. The van der Waals surface area contributed by atoms with Crippen molar-refractivity contribution in [3.63, 3.8) is 0 Å². The molecule has 0 fully saturated rings. The van der Waals surface area contributed by atoms with Crippen molar-refractivity contribution in [3.05, 3.63) is 101 Å². The normalized spacial score (nSPS) is 11.0. The van der Waals surface area contributed by atoms with Crippen LogP contribution in [0.15, 0.2) is 83.5 Å². The number of fused-ring (bicyclic) bond motifs is 1. The van der Waals surface area contributed by atoms with Gasteiger partial charge in [0.15, 0.2) is 0 Å². The molecule has 0 aliphatic rings. The molecule has 3 aromatic carbocycles. The van der Waals surface area contributed by atoms with E-state index in [2.05, 4.69) is 20.6 Å². The van der Waals surface area contributed by atoms with E-state index in [1.54, 1.807) is 31.2 Å². The molecule has 0 amide bonds. The molecule has 5 aromatic rings. The Morgan fingerprint density at radius 2 is 1.95 bits per heavy atom. The van der Waals surface area contributed by atoms with E-state index in [0.717, 1.165) is 22.2 Å². The van der Waals surface area contributed by atoms with Crippen LogP contribution < -0.4 is 15.4 Å².